The Morgan fingerprint density at radius 3 is 2.36 bits per heavy atom. The Morgan fingerprint density at radius 2 is 1.70 bits per heavy atom. The molecule has 0 radical (unpaired) electrons. The van der Waals surface area contributed by atoms with E-state index in [2.05, 4.69) is 33.9 Å². The number of rotatable bonds is 20. The predicted octanol–water partition coefficient (Wildman–Crippen LogP) is 7.04. The third-order valence-electron chi connectivity index (χ3n) is 6.67. The molecule has 0 aromatic carbocycles. The lowest BCUT2D eigenvalue weighted by molar-refractivity contribution is -0.692. The molecule has 1 amide bonds. The summed E-state index contributed by atoms with van der Waals surface area (Å²) in [7, 11) is 0. The lowest BCUT2D eigenvalue weighted by Crippen LogP contribution is -2.31. The van der Waals surface area contributed by atoms with Crippen molar-refractivity contribution in [2.75, 3.05) is 19.8 Å². The highest BCUT2D eigenvalue weighted by Crippen LogP contribution is 2.25. The first-order chi connectivity index (χ1) is 16.3. The van der Waals surface area contributed by atoms with Gasteiger partial charge < -0.3 is 14.8 Å². The molecule has 1 aliphatic rings. The molecule has 1 aliphatic heterocycles. The zero-order valence-electron chi connectivity index (χ0n) is 21.1. The third kappa shape index (κ3) is 14.7. The van der Waals surface area contributed by atoms with Gasteiger partial charge in [-0.05, 0) is 25.2 Å². The van der Waals surface area contributed by atoms with Gasteiger partial charge in [0.25, 0.3) is 0 Å². The average molecular weight is 482 g/mol. The molecule has 0 aliphatic carbocycles. The number of amides is 1. The molecule has 0 spiro atoms. The quantitative estimate of drug-likeness (QED) is 0.160. The van der Waals surface area contributed by atoms with E-state index in [0.29, 0.717) is 19.1 Å². The van der Waals surface area contributed by atoms with Gasteiger partial charge in [-0.1, -0.05) is 95.3 Å². The van der Waals surface area contributed by atoms with Crippen LogP contribution in [-0.4, -0.2) is 32.0 Å². The second-order valence-corrected chi connectivity index (χ2v) is 10.5. The second-order valence-electron chi connectivity index (χ2n) is 9.73. The molecule has 2 heterocycles. The van der Waals surface area contributed by atoms with Crippen molar-refractivity contribution in [2.45, 2.75) is 122 Å². The fourth-order valence-corrected chi connectivity index (χ4v) is 5.22. The van der Waals surface area contributed by atoms with E-state index in [4.69, 9.17) is 9.47 Å². The standard InChI is InChI=1S/C27H48N2O3S/c1-2-3-4-5-6-7-8-9-10-11-12-13-16-25-21-26(31-22-25)23-32-27(30)28-17-14-15-18-29-19-20-33-24-29/h19-20,24-26H,2-18,21-23H2,1H3/p+1. The highest BCUT2D eigenvalue weighted by molar-refractivity contribution is 7.07. The van der Waals surface area contributed by atoms with Gasteiger partial charge >= 0.3 is 6.09 Å². The molecule has 1 aromatic heterocycles. The number of carbonyl (C=O) groups excluding carboxylic acids is 1. The van der Waals surface area contributed by atoms with Gasteiger partial charge in [0.1, 0.15) is 13.2 Å². The van der Waals surface area contributed by atoms with Crippen molar-refractivity contribution in [2.24, 2.45) is 5.92 Å². The second kappa shape index (κ2) is 19.2. The van der Waals surface area contributed by atoms with Crippen LogP contribution in [0.3, 0.4) is 0 Å². The van der Waals surface area contributed by atoms with E-state index in [1.165, 1.54) is 83.5 Å². The zero-order chi connectivity index (χ0) is 23.4. The molecule has 190 valence electrons. The molecule has 0 saturated carbocycles. The van der Waals surface area contributed by atoms with Crippen molar-refractivity contribution in [3.8, 4) is 0 Å². The Hall–Kier alpha value is -1.14. The van der Waals surface area contributed by atoms with Crippen LogP contribution in [0.2, 0.25) is 0 Å². The van der Waals surface area contributed by atoms with E-state index < -0.39 is 0 Å². The first-order valence-electron chi connectivity index (χ1n) is 13.7. The first-order valence-corrected chi connectivity index (χ1v) is 14.7. The zero-order valence-corrected chi connectivity index (χ0v) is 21.9. The van der Waals surface area contributed by atoms with Crippen molar-refractivity contribution >= 4 is 17.4 Å². The Labute approximate surface area is 206 Å². The van der Waals surface area contributed by atoms with Crippen molar-refractivity contribution in [3.05, 3.63) is 17.1 Å². The van der Waals surface area contributed by atoms with Crippen LogP contribution in [0.15, 0.2) is 17.1 Å². The number of ether oxygens (including phenoxy) is 2. The van der Waals surface area contributed by atoms with Gasteiger partial charge in [0.15, 0.2) is 6.20 Å². The van der Waals surface area contributed by atoms with E-state index in [1.807, 2.05) is 0 Å². The molecule has 1 aromatic rings. The molecule has 2 rings (SSSR count). The van der Waals surface area contributed by atoms with Gasteiger partial charge in [-0.15, -0.1) is 0 Å². The molecular formula is C27H49N2O3S+. The highest BCUT2D eigenvalue weighted by atomic mass is 32.1. The SMILES string of the molecule is CCCCCCCCCCCCCCC1COC(COC(=O)NCCCC[n+]2ccsc2)C1. The molecule has 1 fully saturated rings. The van der Waals surface area contributed by atoms with Crippen LogP contribution in [0, 0.1) is 5.92 Å². The minimum absolute atomic E-state index is 0.0769. The molecule has 5 nitrogen and oxygen atoms in total. The number of hydrogen-bond acceptors (Lipinski definition) is 4. The number of nitrogens with zero attached hydrogens (tertiary/aromatic N) is 1. The monoisotopic (exact) mass is 481 g/mol. The van der Waals surface area contributed by atoms with Crippen LogP contribution in [0.1, 0.15) is 110 Å². The lowest BCUT2D eigenvalue weighted by atomic mass is 9.97. The van der Waals surface area contributed by atoms with Crippen molar-refractivity contribution < 1.29 is 18.8 Å². The van der Waals surface area contributed by atoms with Crippen LogP contribution >= 0.6 is 11.3 Å². The number of alkyl carbamates (subject to hydrolysis) is 1. The number of aryl methyl sites for hydroxylation is 1. The van der Waals surface area contributed by atoms with Crippen molar-refractivity contribution in [1.29, 1.82) is 0 Å². The number of carbonyl (C=O) groups is 1. The summed E-state index contributed by atoms with van der Waals surface area (Å²) in [6, 6.07) is 0. The predicted molar refractivity (Wildman–Crippen MR) is 137 cm³/mol. The molecule has 33 heavy (non-hydrogen) atoms. The summed E-state index contributed by atoms with van der Waals surface area (Å²) >= 11 is 1.70. The average Bonchev–Trinajstić information content (AvgIpc) is 3.50. The van der Waals surface area contributed by atoms with Crippen LogP contribution in [0.25, 0.3) is 0 Å². The van der Waals surface area contributed by atoms with Crippen LogP contribution in [0.4, 0.5) is 4.79 Å². The fraction of sp³-hybridized carbons (Fsp3) is 0.852. The fourth-order valence-electron chi connectivity index (χ4n) is 4.59. The highest BCUT2D eigenvalue weighted by Gasteiger charge is 2.26. The summed E-state index contributed by atoms with van der Waals surface area (Å²) in [6.07, 6.45) is 22.9. The summed E-state index contributed by atoms with van der Waals surface area (Å²) < 4.78 is 13.4. The maximum absolute atomic E-state index is 11.9. The van der Waals surface area contributed by atoms with Gasteiger partial charge in [-0.25, -0.2) is 4.79 Å². The van der Waals surface area contributed by atoms with Crippen LogP contribution < -0.4 is 9.88 Å². The van der Waals surface area contributed by atoms with Crippen LogP contribution in [-0.2, 0) is 16.0 Å². The Morgan fingerprint density at radius 1 is 1.00 bits per heavy atom. The number of thiazole rings is 1. The number of nitrogens with one attached hydrogen (secondary N) is 1. The summed E-state index contributed by atoms with van der Waals surface area (Å²) in [5.74, 6) is 0.638. The summed E-state index contributed by atoms with van der Waals surface area (Å²) in [4.78, 5) is 11.9. The maximum Gasteiger partial charge on any atom is 0.407 e. The van der Waals surface area contributed by atoms with E-state index in [0.717, 1.165) is 32.4 Å². The van der Waals surface area contributed by atoms with E-state index >= 15 is 0 Å². The minimum atomic E-state index is -0.314. The number of aromatic nitrogens is 1. The molecule has 2 atom stereocenters. The first kappa shape index (κ1) is 28.1. The lowest BCUT2D eigenvalue weighted by Gasteiger charge is -2.11. The summed E-state index contributed by atoms with van der Waals surface area (Å²) in [5, 5.41) is 4.93. The van der Waals surface area contributed by atoms with E-state index in [-0.39, 0.29) is 12.2 Å². The van der Waals surface area contributed by atoms with E-state index in [1.54, 1.807) is 11.3 Å². The molecule has 6 heteroatoms. The molecule has 1 saturated heterocycles. The third-order valence-corrected chi connectivity index (χ3v) is 7.34. The topological polar surface area (TPSA) is 51.4 Å². The van der Waals surface area contributed by atoms with Gasteiger partial charge in [0, 0.05) is 13.0 Å². The van der Waals surface area contributed by atoms with Gasteiger partial charge in [-0.3, -0.25) is 0 Å². The Balaban J connectivity index is 1.33. The normalized spacial score (nSPS) is 18.0. The van der Waals surface area contributed by atoms with E-state index in [9.17, 15) is 4.79 Å². The summed E-state index contributed by atoms with van der Waals surface area (Å²) in [6.45, 7) is 5.15. The molecule has 1 N–H and O–H groups in total. The largest absolute Gasteiger partial charge is 0.447 e. The number of unbranched alkanes of at least 4 members (excludes halogenated alkanes) is 12. The molecule has 0 bridgehead atoms. The maximum atomic E-state index is 11.9. The Kier molecular flexibility index (Phi) is 16.3. The molecular weight excluding hydrogens is 432 g/mol. The van der Waals surface area contributed by atoms with Crippen molar-refractivity contribution in [3.63, 3.8) is 0 Å². The number of hydrogen-bond donors (Lipinski definition) is 1. The van der Waals surface area contributed by atoms with Crippen molar-refractivity contribution in [1.82, 2.24) is 5.32 Å². The van der Waals surface area contributed by atoms with Gasteiger partial charge in [0.2, 0.25) is 5.51 Å². The minimum Gasteiger partial charge on any atom is -0.447 e. The van der Waals surface area contributed by atoms with Gasteiger partial charge in [-0.2, -0.15) is 4.57 Å². The Bertz CT molecular complexity index is 582. The van der Waals surface area contributed by atoms with Gasteiger partial charge in [0.05, 0.1) is 18.1 Å². The smallest absolute Gasteiger partial charge is 0.407 e. The summed E-state index contributed by atoms with van der Waals surface area (Å²) in [5.41, 5.74) is 2.11. The molecule has 2 unspecified atom stereocenters. The van der Waals surface area contributed by atoms with Crippen LogP contribution in [0.5, 0.6) is 0 Å².